The van der Waals surface area contributed by atoms with Crippen molar-refractivity contribution >= 4 is 34.7 Å². The smallest absolute Gasteiger partial charge is 0.352 e. The van der Waals surface area contributed by atoms with Gasteiger partial charge >= 0.3 is 6.18 Å². The van der Waals surface area contributed by atoms with Crippen LogP contribution in [0.15, 0.2) is 48.7 Å². The third-order valence-electron chi connectivity index (χ3n) is 7.49. The van der Waals surface area contributed by atoms with Gasteiger partial charge in [0.15, 0.2) is 5.65 Å². The maximum absolute atomic E-state index is 12.5. The summed E-state index contributed by atoms with van der Waals surface area (Å²) in [4.78, 5) is 30.8. The minimum atomic E-state index is -4.34. The SMILES string of the molecule is O=C(NCCC1CCCCN1)c1ccc(Nc2nc3c(C4=CCN(C(=O)CCC(F)(F)F)CC4)cccn3n2)cc1. The second kappa shape index (κ2) is 12.7. The lowest BCUT2D eigenvalue weighted by Gasteiger charge is -2.27. The third kappa shape index (κ3) is 7.63. The first-order valence-corrected chi connectivity index (χ1v) is 14.0. The van der Waals surface area contributed by atoms with Crippen LogP contribution in [0.1, 0.15) is 60.9 Å². The van der Waals surface area contributed by atoms with Crippen LogP contribution in [0.5, 0.6) is 0 Å². The fourth-order valence-electron chi connectivity index (χ4n) is 5.22. The summed E-state index contributed by atoms with van der Waals surface area (Å²) in [5.74, 6) is -0.218. The van der Waals surface area contributed by atoms with Crippen molar-refractivity contribution in [3.05, 3.63) is 59.8 Å². The van der Waals surface area contributed by atoms with Gasteiger partial charge in [0.25, 0.3) is 5.91 Å². The van der Waals surface area contributed by atoms with E-state index in [-0.39, 0.29) is 12.5 Å². The largest absolute Gasteiger partial charge is 0.389 e. The normalized spacial score (nSPS) is 17.8. The number of pyridine rings is 1. The molecule has 0 bridgehead atoms. The van der Waals surface area contributed by atoms with Gasteiger partial charge in [0.05, 0.1) is 6.42 Å². The Labute approximate surface area is 236 Å². The quantitative estimate of drug-likeness (QED) is 0.346. The summed E-state index contributed by atoms with van der Waals surface area (Å²) in [5.41, 5.74) is 3.75. The molecule has 1 saturated heterocycles. The van der Waals surface area contributed by atoms with Crippen LogP contribution in [-0.2, 0) is 4.79 Å². The van der Waals surface area contributed by atoms with Crippen molar-refractivity contribution in [1.82, 2.24) is 30.1 Å². The molecule has 2 aliphatic heterocycles. The zero-order valence-electron chi connectivity index (χ0n) is 22.7. The highest BCUT2D eigenvalue weighted by Gasteiger charge is 2.29. The molecule has 3 aromatic rings. The van der Waals surface area contributed by atoms with Gasteiger partial charge < -0.3 is 20.9 Å². The molecule has 1 unspecified atom stereocenters. The molecular weight excluding hydrogens is 535 g/mol. The van der Waals surface area contributed by atoms with Gasteiger partial charge in [0.1, 0.15) is 0 Å². The number of benzene rings is 1. The van der Waals surface area contributed by atoms with Crippen LogP contribution < -0.4 is 16.0 Å². The molecule has 2 aromatic heterocycles. The molecule has 3 N–H and O–H groups in total. The Morgan fingerprint density at radius 2 is 1.95 bits per heavy atom. The number of aromatic nitrogens is 3. The van der Waals surface area contributed by atoms with E-state index in [9.17, 15) is 22.8 Å². The monoisotopic (exact) mass is 569 g/mol. The zero-order valence-corrected chi connectivity index (χ0v) is 22.7. The lowest BCUT2D eigenvalue weighted by Crippen LogP contribution is -2.37. The molecule has 1 atom stereocenters. The van der Waals surface area contributed by atoms with E-state index in [2.05, 4.69) is 26.0 Å². The van der Waals surface area contributed by atoms with Crippen LogP contribution in [0.25, 0.3) is 11.2 Å². The fourth-order valence-corrected chi connectivity index (χ4v) is 5.22. The van der Waals surface area contributed by atoms with Gasteiger partial charge in [-0.15, -0.1) is 5.10 Å². The molecule has 12 heteroatoms. The average molecular weight is 570 g/mol. The first-order chi connectivity index (χ1) is 19.7. The van der Waals surface area contributed by atoms with E-state index in [0.29, 0.717) is 42.7 Å². The van der Waals surface area contributed by atoms with Crippen molar-refractivity contribution in [3.8, 4) is 0 Å². The van der Waals surface area contributed by atoms with Crippen LogP contribution in [0, 0.1) is 0 Å². The van der Waals surface area contributed by atoms with E-state index in [1.54, 1.807) is 35.0 Å². The summed E-state index contributed by atoms with van der Waals surface area (Å²) < 4.78 is 39.1. The van der Waals surface area contributed by atoms with Gasteiger partial charge in [-0.1, -0.05) is 12.5 Å². The Kier molecular flexibility index (Phi) is 8.87. The van der Waals surface area contributed by atoms with Gasteiger partial charge in [-0.05, 0) is 74.2 Å². The Morgan fingerprint density at radius 3 is 2.66 bits per heavy atom. The minimum absolute atomic E-state index is 0.107. The van der Waals surface area contributed by atoms with Gasteiger partial charge in [0.2, 0.25) is 11.9 Å². The Hall–Kier alpha value is -3.93. The molecular formula is C29H34F3N7O2. The summed E-state index contributed by atoms with van der Waals surface area (Å²) in [5, 5.41) is 14.2. The second-order valence-electron chi connectivity index (χ2n) is 10.5. The van der Waals surface area contributed by atoms with Gasteiger partial charge in [-0.3, -0.25) is 9.59 Å². The maximum Gasteiger partial charge on any atom is 0.389 e. The van der Waals surface area contributed by atoms with E-state index in [0.717, 1.165) is 36.2 Å². The number of nitrogens with one attached hydrogen (secondary N) is 3. The van der Waals surface area contributed by atoms with Crippen molar-refractivity contribution in [2.24, 2.45) is 0 Å². The standard InChI is InChI=1S/C29H34F3N7O2/c30-29(31,32)14-10-25(40)38-18-12-20(13-19-38)24-5-3-17-39-26(24)36-28(37-39)35-23-8-6-21(7-9-23)27(41)34-16-11-22-4-1-2-15-33-22/h3,5-9,12,17,22,33H,1-2,4,10-11,13-16,18-19H2,(H,34,41)(H,35,37). The topological polar surface area (TPSA) is 104 Å². The van der Waals surface area contributed by atoms with Crippen molar-refractivity contribution in [1.29, 1.82) is 0 Å². The van der Waals surface area contributed by atoms with E-state index in [1.807, 2.05) is 18.2 Å². The molecule has 1 fully saturated rings. The highest BCUT2D eigenvalue weighted by Crippen LogP contribution is 2.28. The zero-order chi connectivity index (χ0) is 28.8. The highest BCUT2D eigenvalue weighted by molar-refractivity contribution is 5.94. The summed E-state index contributed by atoms with van der Waals surface area (Å²) >= 11 is 0. The lowest BCUT2D eigenvalue weighted by molar-refractivity contribution is -0.148. The van der Waals surface area contributed by atoms with E-state index in [4.69, 9.17) is 0 Å². The molecule has 9 nitrogen and oxygen atoms in total. The van der Waals surface area contributed by atoms with E-state index < -0.39 is 24.9 Å². The number of fused-ring (bicyclic) bond motifs is 1. The predicted octanol–water partition coefficient (Wildman–Crippen LogP) is 4.69. The van der Waals surface area contributed by atoms with Crippen molar-refractivity contribution in [2.45, 2.75) is 57.2 Å². The summed E-state index contributed by atoms with van der Waals surface area (Å²) in [7, 11) is 0. The van der Waals surface area contributed by atoms with Crippen LogP contribution >= 0.6 is 0 Å². The van der Waals surface area contributed by atoms with Gasteiger partial charge in [-0.25, -0.2) is 4.52 Å². The maximum atomic E-state index is 12.5. The summed E-state index contributed by atoms with van der Waals surface area (Å²) in [6.45, 7) is 2.28. The van der Waals surface area contributed by atoms with Crippen molar-refractivity contribution in [2.75, 3.05) is 31.5 Å². The van der Waals surface area contributed by atoms with Crippen LogP contribution in [0.3, 0.4) is 0 Å². The van der Waals surface area contributed by atoms with Crippen LogP contribution in [-0.4, -0.2) is 69.7 Å². The molecule has 1 aromatic carbocycles. The van der Waals surface area contributed by atoms with Gasteiger partial charge in [0, 0.05) is 55.1 Å². The van der Waals surface area contributed by atoms with Gasteiger partial charge in [-0.2, -0.15) is 18.2 Å². The molecule has 41 heavy (non-hydrogen) atoms. The molecule has 0 radical (unpaired) electrons. The molecule has 4 heterocycles. The Bertz CT molecular complexity index is 1400. The number of halogens is 3. The number of hydrogen-bond acceptors (Lipinski definition) is 6. The highest BCUT2D eigenvalue weighted by atomic mass is 19.4. The first-order valence-electron chi connectivity index (χ1n) is 14.0. The molecule has 0 aliphatic carbocycles. The predicted molar refractivity (Wildman–Crippen MR) is 150 cm³/mol. The Morgan fingerprint density at radius 1 is 1.12 bits per heavy atom. The third-order valence-corrected chi connectivity index (χ3v) is 7.49. The lowest BCUT2D eigenvalue weighted by atomic mass is 10.00. The van der Waals surface area contributed by atoms with Crippen molar-refractivity contribution < 1.29 is 22.8 Å². The summed E-state index contributed by atoms with van der Waals surface area (Å²) in [6.07, 6.45) is 2.69. The van der Waals surface area contributed by atoms with Crippen molar-refractivity contribution in [3.63, 3.8) is 0 Å². The van der Waals surface area contributed by atoms with Crippen LogP contribution in [0.2, 0.25) is 0 Å². The second-order valence-corrected chi connectivity index (χ2v) is 10.5. The number of hydrogen-bond donors (Lipinski definition) is 3. The number of anilines is 2. The Balaban J connectivity index is 1.18. The van der Waals surface area contributed by atoms with E-state index in [1.165, 1.54) is 17.7 Å². The number of carbonyl (C=O) groups excluding carboxylic acids is 2. The fraction of sp³-hybridized carbons (Fsp3) is 0.448. The minimum Gasteiger partial charge on any atom is -0.352 e. The number of amides is 2. The number of alkyl halides is 3. The molecule has 0 saturated carbocycles. The number of piperidine rings is 1. The number of rotatable bonds is 9. The average Bonchev–Trinajstić information content (AvgIpc) is 3.39. The van der Waals surface area contributed by atoms with E-state index >= 15 is 0 Å². The first kappa shape index (κ1) is 28.6. The molecule has 2 aliphatic rings. The molecule has 2 amide bonds. The van der Waals surface area contributed by atoms with Crippen LogP contribution in [0.4, 0.5) is 24.8 Å². The molecule has 218 valence electrons. The number of carbonyl (C=O) groups is 2. The number of nitrogens with zero attached hydrogens (tertiary/aromatic N) is 4. The molecule has 0 spiro atoms. The molecule has 5 rings (SSSR count). The summed E-state index contributed by atoms with van der Waals surface area (Å²) in [6, 6.07) is 11.4.